The first-order valence-electron chi connectivity index (χ1n) is 33.7. The maximum atomic E-state index is 13.4. The first-order chi connectivity index (χ1) is 42.4. The van der Waals surface area contributed by atoms with Gasteiger partial charge in [-0.3, -0.25) is 9.59 Å². The molecule has 18 unspecified atom stereocenters. The average molecular weight is 1260 g/mol. The van der Waals surface area contributed by atoms with E-state index in [-0.39, 0.29) is 12.3 Å². The maximum Gasteiger partial charge on any atom is 0.364 e. The Bertz CT molecular complexity index is 1890. The van der Waals surface area contributed by atoms with Crippen LogP contribution in [0.5, 0.6) is 0 Å². The second-order valence-electron chi connectivity index (χ2n) is 24.7. The fourth-order valence-corrected chi connectivity index (χ4v) is 11.7. The first kappa shape index (κ1) is 79.4. The van der Waals surface area contributed by atoms with Crippen LogP contribution in [0.4, 0.5) is 0 Å². The Labute approximate surface area is 523 Å². The predicted molar refractivity (Wildman–Crippen MR) is 329 cm³/mol. The van der Waals surface area contributed by atoms with Crippen molar-refractivity contribution in [2.75, 3.05) is 26.4 Å². The number of aliphatic hydroxyl groups excluding tert-OH is 11. The lowest BCUT2D eigenvalue weighted by atomic mass is 9.88. The quantitative estimate of drug-likeness (QED) is 0.0272. The average Bonchev–Trinajstić information content (AvgIpc) is 0.825. The van der Waals surface area contributed by atoms with Crippen molar-refractivity contribution in [1.82, 2.24) is 10.6 Å². The van der Waals surface area contributed by atoms with Crippen LogP contribution in [-0.2, 0) is 42.8 Å². The third-order valence-corrected chi connectivity index (χ3v) is 17.1. The van der Waals surface area contributed by atoms with Gasteiger partial charge in [0.25, 0.3) is 5.79 Å². The number of carbonyl (C=O) groups excluding carboxylic acids is 2. The summed E-state index contributed by atoms with van der Waals surface area (Å²) in [7, 11) is 0. The number of ether oxygens (including phenoxy) is 6. The van der Waals surface area contributed by atoms with Gasteiger partial charge in [0, 0.05) is 19.8 Å². The van der Waals surface area contributed by atoms with E-state index in [1.807, 2.05) is 6.08 Å². The minimum absolute atomic E-state index is 0.196. The van der Waals surface area contributed by atoms with Crippen LogP contribution < -0.4 is 10.6 Å². The largest absolute Gasteiger partial charge is 0.477 e. The zero-order valence-corrected chi connectivity index (χ0v) is 53.3. The normalized spacial score (nSPS) is 29.1. The minimum Gasteiger partial charge on any atom is -0.477 e. The Morgan fingerprint density at radius 2 is 1.07 bits per heavy atom. The number of hydrogen-bond acceptors (Lipinski definition) is 20. The molecule has 0 aromatic rings. The third kappa shape index (κ3) is 29.0. The molecule has 18 atom stereocenters. The van der Waals surface area contributed by atoms with Gasteiger partial charge < -0.3 is 100 Å². The summed E-state index contributed by atoms with van der Waals surface area (Å²) in [6.07, 6.45) is 15.2. The van der Waals surface area contributed by atoms with Crippen LogP contribution >= 0.6 is 0 Å². The smallest absolute Gasteiger partial charge is 0.364 e. The van der Waals surface area contributed by atoms with E-state index in [1.54, 1.807) is 6.08 Å². The van der Waals surface area contributed by atoms with Crippen molar-refractivity contribution in [2.24, 2.45) is 0 Å². The predicted octanol–water partition coefficient (Wildman–Crippen LogP) is 5.28. The molecule has 0 aliphatic carbocycles. The molecule has 0 bridgehead atoms. The van der Waals surface area contributed by atoms with Crippen molar-refractivity contribution in [3.8, 4) is 0 Å². The summed E-state index contributed by atoms with van der Waals surface area (Å²) in [5, 5.41) is 136. The Morgan fingerprint density at radius 3 is 1.55 bits per heavy atom. The number of carboxylic acid groups (broad SMARTS) is 1. The molecule has 0 radical (unpaired) electrons. The van der Waals surface area contributed by atoms with E-state index in [0.717, 1.165) is 77.6 Å². The minimum atomic E-state index is -3.08. The molecule has 3 saturated heterocycles. The van der Waals surface area contributed by atoms with Crippen molar-refractivity contribution in [1.29, 1.82) is 0 Å². The van der Waals surface area contributed by atoms with Crippen LogP contribution in [0.2, 0.25) is 0 Å². The van der Waals surface area contributed by atoms with Crippen molar-refractivity contribution >= 4 is 17.8 Å². The summed E-state index contributed by atoms with van der Waals surface area (Å²) in [5.41, 5.74) is 0. The van der Waals surface area contributed by atoms with Gasteiger partial charge in [-0.05, 0) is 44.9 Å². The van der Waals surface area contributed by atoms with Crippen molar-refractivity contribution in [2.45, 2.75) is 342 Å². The zero-order valence-electron chi connectivity index (χ0n) is 53.3. The molecular weight excluding hydrogens is 1140 g/mol. The summed E-state index contributed by atoms with van der Waals surface area (Å²) < 4.78 is 34.7. The maximum absolute atomic E-state index is 13.4. The number of allylic oxidation sites excluding steroid dienone is 3. The number of hydrogen-bond donors (Lipinski definition) is 14. The lowest BCUT2D eigenvalue weighted by Crippen LogP contribution is -2.70. The van der Waals surface area contributed by atoms with Crippen LogP contribution in [0.3, 0.4) is 0 Å². The number of rotatable bonds is 50. The highest BCUT2D eigenvalue weighted by Crippen LogP contribution is 2.39. The summed E-state index contributed by atoms with van der Waals surface area (Å²) >= 11 is 0. The molecule has 88 heavy (non-hydrogen) atoms. The number of unbranched alkanes of at least 4 members (excludes halogenated alkanes) is 28. The highest BCUT2D eigenvalue weighted by atomic mass is 16.8. The van der Waals surface area contributed by atoms with Crippen LogP contribution in [0.1, 0.15) is 233 Å². The summed E-state index contributed by atoms with van der Waals surface area (Å²) in [6, 6.07) is -2.62. The van der Waals surface area contributed by atoms with E-state index in [0.29, 0.717) is 12.8 Å². The molecular formula is C65H118N2O21. The summed E-state index contributed by atoms with van der Waals surface area (Å²) in [5.74, 6) is -6.15. The molecule has 0 aromatic heterocycles. The van der Waals surface area contributed by atoms with Gasteiger partial charge >= 0.3 is 5.97 Å². The SMILES string of the molecule is CCCCCCCCCCCC/C=C\CCCCCCCCCC(=O)NC(COC1OC(CO)C(OC2OC(CO)C(O)C(OC3(C(=O)O)CC(O)C(NC(C)=O)C(C(O)C(O)CO)O3)C2O)C(O)C1O)C(O)/C=C/CCCCCCCCCCCCC. The molecule has 0 saturated carbocycles. The number of carboxylic acids is 1. The van der Waals surface area contributed by atoms with Gasteiger partial charge in [-0.1, -0.05) is 192 Å². The molecule has 514 valence electrons. The van der Waals surface area contributed by atoms with Gasteiger partial charge in [0.05, 0.1) is 50.7 Å². The number of aliphatic carboxylic acids is 1. The zero-order chi connectivity index (χ0) is 64.7. The van der Waals surface area contributed by atoms with Gasteiger partial charge in [-0.2, -0.15) is 0 Å². The standard InChI is InChI=1S/C65H118N2O21/c1-4-6-8-10-12-14-16-18-19-20-21-22-23-24-25-27-29-31-33-35-37-39-52(75)67-46(47(72)38-36-34-32-30-28-26-17-15-13-11-9-7-5-2)44-83-62-57(79)56(78)59(51(43-70)85-62)86-63-58(80)61(55(77)50(42-69)84-63)88-65(64(81)82)40-48(73)53(66-45(3)71)60(87-65)54(76)49(74)41-68/h22-23,36,38,46-51,53-63,68-70,72-74,76-80H,4-21,24-35,37,39-44H2,1-3H3,(H,66,71)(H,67,75)(H,81,82)/b23-22-,38-36+. The van der Waals surface area contributed by atoms with Gasteiger partial charge in [0.15, 0.2) is 12.6 Å². The summed E-state index contributed by atoms with van der Waals surface area (Å²) in [6.45, 7) is 2.12. The monoisotopic (exact) mass is 1260 g/mol. The highest BCUT2D eigenvalue weighted by molar-refractivity contribution is 5.77. The summed E-state index contributed by atoms with van der Waals surface area (Å²) in [4.78, 5) is 38.5. The molecule has 23 heteroatoms. The van der Waals surface area contributed by atoms with Crippen molar-refractivity contribution in [3.05, 3.63) is 24.3 Å². The first-order valence-corrected chi connectivity index (χ1v) is 33.7. The molecule has 2 amide bonds. The lowest BCUT2D eigenvalue weighted by Gasteiger charge is -2.50. The Morgan fingerprint density at radius 1 is 0.591 bits per heavy atom. The Kier molecular flexibility index (Phi) is 41.8. The molecule has 3 fully saturated rings. The Hall–Kier alpha value is -2.79. The molecule has 23 nitrogen and oxygen atoms in total. The van der Waals surface area contributed by atoms with E-state index < -0.39 is 155 Å². The van der Waals surface area contributed by atoms with Crippen LogP contribution in [-0.4, -0.2) is 215 Å². The topological polar surface area (TPSA) is 373 Å². The van der Waals surface area contributed by atoms with Crippen LogP contribution in [0.15, 0.2) is 24.3 Å². The van der Waals surface area contributed by atoms with E-state index in [1.165, 1.54) is 116 Å². The molecule has 0 aromatic carbocycles. The third-order valence-electron chi connectivity index (χ3n) is 17.1. The molecule has 3 rings (SSSR count). The van der Waals surface area contributed by atoms with E-state index in [2.05, 4.69) is 36.6 Å². The lowest BCUT2D eigenvalue weighted by molar-refractivity contribution is -0.386. The molecule has 14 N–H and O–H groups in total. The number of carbonyl (C=O) groups is 3. The molecule has 3 aliphatic heterocycles. The van der Waals surface area contributed by atoms with Crippen molar-refractivity contribution in [3.63, 3.8) is 0 Å². The molecule has 3 heterocycles. The van der Waals surface area contributed by atoms with Crippen LogP contribution in [0, 0.1) is 0 Å². The van der Waals surface area contributed by atoms with E-state index in [4.69, 9.17) is 28.4 Å². The van der Waals surface area contributed by atoms with E-state index in [9.17, 15) is 75.7 Å². The van der Waals surface area contributed by atoms with Gasteiger partial charge in [-0.25, -0.2) is 4.79 Å². The van der Waals surface area contributed by atoms with Crippen LogP contribution in [0.25, 0.3) is 0 Å². The highest BCUT2D eigenvalue weighted by Gasteiger charge is 2.60. The van der Waals surface area contributed by atoms with Crippen molar-refractivity contribution < 1.29 is 104 Å². The fraction of sp³-hybridized carbons (Fsp3) is 0.892. The molecule has 3 aliphatic rings. The number of nitrogens with one attached hydrogen (secondary N) is 2. The van der Waals surface area contributed by atoms with Gasteiger partial charge in [0.2, 0.25) is 11.8 Å². The van der Waals surface area contributed by atoms with E-state index >= 15 is 0 Å². The number of aliphatic hydroxyl groups is 11. The Balaban J connectivity index is 1.60. The van der Waals surface area contributed by atoms with Gasteiger partial charge in [-0.15, -0.1) is 0 Å². The second-order valence-corrected chi connectivity index (χ2v) is 24.7. The second kappa shape index (κ2) is 46.3. The fourth-order valence-electron chi connectivity index (χ4n) is 11.7. The number of amides is 2. The molecule has 0 spiro atoms. The van der Waals surface area contributed by atoms with Gasteiger partial charge in [0.1, 0.15) is 67.1 Å².